The number of carbonyl (C=O) groups excluding carboxylic acids is 1. The number of pyridine rings is 1. The van der Waals surface area contributed by atoms with Crippen molar-refractivity contribution in [3.05, 3.63) is 18.3 Å². The van der Waals surface area contributed by atoms with Crippen molar-refractivity contribution in [2.45, 2.75) is 6.92 Å². The number of anilines is 2. The number of amides is 1. The van der Waals surface area contributed by atoms with Crippen LogP contribution < -0.4 is 10.6 Å². The summed E-state index contributed by atoms with van der Waals surface area (Å²) in [5.41, 5.74) is 7.35. The third-order valence-electron chi connectivity index (χ3n) is 3.50. The van der Waals surface area contributed by atoms with Gasteiger partial charge in [0.25, 0.3) is 0 Å². The summed E-state index contributed by atoms with van der Waals surface area (Å²) in [5, 5.41) is 4.11. The van der Waals surface area contributed by atoms with Gasteiger partial charge in [0, 0.05) is 26.2 Å². The Morgan fingerprint density at radius 1 is 1.33 bits per heavy atom. The first-order valence-corrected chi connectivity index (χ1v) is 6.96. The second-order valence-electron chi connectivity index (χ2n) is 4.83. The van der Waals surface area contributed by atoms with Gasteiger partial charge in [0.1, 0.15) is 0 Å². The lowest BCUT2D eigenvalue weighted by Gasteiger charge is -2.35. The molecule has 0 unspecified atom stereocenters. The zero-order chi connectivity index (χ0) is 14.8. The van der Waals surface area contributed by atoms with Crippen molar-refractivity contribution in [3.63, 3.8) is 0 Å². The maximum Gasteiger partial charge on any atom is 0.409 e. The normalized spacial score (nSPS) is 15.5. The van der Waals surface area contributed by atoms with E-state index in [0.29, 0.717) is 19.7 Å². The van der Waals surface area contributed by atoms with Crippen molar-refractivity contribution < 1.29 is 9.53 Å². The maximum absolute atomic E-state index is 11.7. The highest BCUT2D eigenvalue weighted by atomic mass is 16.6. The topological polar surface area (TPSA) is 89.0 Å². The quantitative estimate of drug-likeness (QED) is 0.870. The van der Waals surface area contributed by atoms with Gasteiger partial charge < -0.3 is 20.3 Å². The predicted molar refractivity (Wildman–Crippen MR) is 78.2 cm³/mol. The fraction of sp³-hybridized carbons (Fsp3) is 0.462. The smallest absolute Gasteiger partial charge is 0.409 e. The van der Waals surface area contributed by atoms with Gasteiger partial charge in [-0.2, -0.15) is 4.98 Å². The lowest BCUT2D eigenvalue weighted by atomic mass is 10.3. The standard InChI is InChI=1S/C13H18N6O2/c1-2-21-13(20)18-7-5-17(6-8-18)10-3-4-11-15-12(14)16-19(11)9-10/h3-4,9H,2,5-8H2,1H3,(H2,14,16). The minimum atomic E-state index is -0.239. The summed E-state index contributed by atoms with van der Waals surface area (Å²) >= 11 is 0. The third kappa shape index (κ3) is 2.69. The van der Waals surface area contributed by atoms with E-state index in [1.807, 2.05) is 25.3 Å². The van der Waals surface area contributed by atoms with Crippen molar-refractivity contribution in [1.29, 1.82) is 0 Å². The Kier molecular flexibility index (Phi) is 3.51. The number of piperazine rings is 1. The molecule has 1 aliphatic rings. The van der Waals surface area contributed by atoms with Crippen LogP contribution in [0.3, 0.4) is 0 Å². The van der Waals surface area contributed by atoms with E-state index in [0.717, 1.165) is 24.4 Å². The summed E-state index contributed by atoms with van der Waals surface area (Å²) in [5.74, 6) is 0.263. The van der Waals surface area contributed by atoms with E-state index in [2.05, 4.69) is 15.0 Å². The molecule has 21 heavy (non-hydrogen) atoms. The van der Waals surface area contributed by atoms with Crippen LogP contribution in [0.2, 0.25) is 0 Å². The van der Waals surface area contributed by atoms with Gasteiger partial charge in [-0.15, -0.1) is 5.10 Å². The second-order valence-corrected chi connectivity index (χ2v) is 4.83. The van der Waals surface area contributed by atoms with E-state index in [1.54, 1.807) is 9.42 Å². The largest absolute Gasteiger partial charge is 0.450 e. The molecular formula is C13H18N6O2. The first kappa shape index (κ1) is 13.5. The van der Waals surface area contributed by atoms with Gasteiger partial charge in [-0.05, 0) is 19.1 Å². The van der Waals surface area contributed by atoms with Gasteiger partial charge >= 0.3 is 6.09 Å². The Bertz CT molecular complexity index is 647. The highest BCUT2D eigenvalue weighted by molar-refractivity contribution is 5.68. The number of carbonyl (C=O) groups is 1. The number of nitrogens with two attached hydrogens (primary N) is 1. The molecule has 0 saturated carbocycles. The Balaban J connectivity index is 1.69. The third-order valence-corrected chi connectivity index (χ3v) is 3.50. The van der Waals surface area contributed by atoms with Gasteiger partial charge in [-0.1, -0.05) is 0 Å². The van der Waals surface area contributed by atoms with Gasteiger partial charge in [0.15, 0.2) is 5.65 Å². The van der Waals surface area contributed by atoms with Crippen molar-refractivity contribution in [1.82, 2.24) is 19.5 Å². The molecule has 0 radical (unpaired) electrons. The average Bonchev–Trinajstić information content (AvgIpc) is 2.86. The first-order chi connectivity index (χ1) is 10.2. The van der Waals surface area contributed by atoms with Crippen LogP contribution in [0, 0.1) is 0 Å². The lowest BCUT2D eigenvalue weighted by Crippen LogP contribution is -2.49. The first-order valence-electron chi connectivity index (χ1n) is 6.96. The van der Waals surface area contributed by atoms with Gasteiger partial charge in [-0.25, -0.2) is 9.31 Å². The summed E-state index contributed by atoms with van der Waals surface area (Å²) in [6.45, 7) is 5.03. The highest BCUT2D eigenvalue weighted by Crippen LogP contribution is 2.17. The number of hydrogen-bond acceptors (Lipinski definition) is 6. The van der Waals surface area contributed by atoms with Crippen LogP contribution >= 0.6 is 0 Å². The number of nitrogens with zero attached hydrogens (tertiary/aromatic N) is 5. The molecule has 0 spiro atoms. The summed E-state index contributed by atoms with van der Waals surface area (Å²) in [6, 6.07) is 3.87. The number of fused-ring (bicyclic) bond motifs is 1. The molecule has 2 N–H and O–H groups in total. The molecule has 1 aliphatic heterocycles. The minimum absolute atomic E-state index is 0.239. The molecule has 2 aromatic rings. The zero-order valence-corrected chi connectivity index (χ0v) is 11.9. The second kappa shape index (κ2) is 5.47. The zero-order valence-electron chi connectivity index (χ0n) is 11.9. The van der Waals surface area contributed by atoms with Crippen LogP contribution in [0.25, 0.3) is 5.65 Å². The van der Waals surface area contributed by atoms with Crippen LogP contribution in [0.15, 0.2) is 18.3 Å². The van der Waals surface area contributed by atoms with Crippen molar-refractivity contribution in [3.8, 4) is 0 Å². The predicted octanol–water partition coefficient (Wildman–Crippen LogP) is 0.590. The van der Waals surface area contributed by atoms with Crippen LogP contribution in [-0.2, 0) is 4.74 Å². The van der Waals surface area contributed by atoms with E-state index >= 15 is 0 Å². The van der Waals surface area contributed by atoms with Crippen LogP contribution in [0.5, 0.6) is 0 Å². The fourth-order valence-corrected chi connectivity index (χ4v) is 2.44. The van der Waals surface area contributed by atoms with Crippen LogP contribution in [0.4, 0.5) is 16.4 Å². The molecule has 3 heterocycles. The van der Waals surface area contributed by atoms with E-state index < -0.39 is 0 Å². The summed E-state index contributed by atoms with van der Waals surface area (Å²) in [6.07, 6.45) is 1.66. The molecule has 1 saturated heterocycles. The Morgan fingerprint density at radius 3 is 2.81 bits per heavy atom. The van der Waals surface area contributed by atoms with E-state index in [4.69, 9.17) is 10.5 Å². The number of nitrogen functional groups attached to an aromatic ring is 1. The van der Waals surface area contributed by atoms with Crippen LogP contribution in [0.1, 0.15) is 6.92 Å². The molecular weight excluding hydrogens is 272 g/mol. The number of rotatable bonds is 2. The molecule has 8 heteroatoms. The highest BCUT2D eigenvalue weighted by Gasteiger charge is 2.22. The SMILES string of the molecule is CCOC(=O)N1CCN(c2ccc3nc(N)nn3c2)CC1. The van der Waals surface area contributed by atoms with Gasteiger partial charge in [-0.3, -0.25) is 0 Å². The number of ether oxygens (including phenoxy) is 1. The molecule has 1 amide bonds. The lowest BCUT2D eigenvalue weighted by molar-refractivity contribution is 0.105. The van der Waals surface area contributed by atoms with Crippen molar-refractivity contribution in [2.24, 2.45) is 0 Å². The molecule has 3 rings (SSSR count). The van der Waals surface area contributed by atoms with Gasteiger partial charge in [0.2, 0.25) is 5.95 Å². The van der Waals surface area contributed by atoms with Crippen molar-refractivity contribution >= 4 is 23.4 Å². The maximum atomic E-state index is 11.7. The Morgan fingerprint density at radius 2 is 2.10 bits per heavy atom. The molecule has 0 aromatic carbocycles. The summed E-state index contributed by atoms with van der Waals surface area (Å²) in [7, 11) is 0. The van der Waals surface area contributed by atoms with E-state index in [9.17, 15) is 4.79 Å². The van der Waals surface area contributed by atoms with Crippen molar-refractivity contribution in [2.75, 3.05) is 43.4 Å². The van der Waals surface area contributed by atoms with E-state index in [1.165, 1.54) is 0 Å². The minimum Gasteiger partial charge on any atom is -0.450 e. The molecule has 2 aromatic heterocycles. The molecule has 0 atom stereocenters. The number of aromatic nitrogens is 3. The average molecular weight is 290 g/mol. The molecule has 8 nitrogen and oxygen atoms in total. The molecule has 112 valence electrons. The summed E-state index contributed by atoms with van der Waals surface area (Å²) < 4.78 is 6.68. The Labute approximate surface area is 122 Å². The molecule has 0 bridgehead atoms. The molecule has 0 aliphatic carbocycles. The van der Waals surface area contributed by atoms with Crippen LogP contribution in [-0.4, -0.2) is 58.4 Å². The fourth-order valence-electron chi connectivity index (χ4n) is 2.44. The summed E-state index contributed by atoms with van der Waals surface area (Å²) in [4.78, 5) is 19.7. The monoisotopic (exact) mass is 290 g/mol. The van der Waals surface area contributed by atoms with E-state index in [-0.39, 0.29) is 12.0 Å². The molecule has 1 fully saturated rings. The number of hydrogen-bond donors (Lipinski definition) is 1. The Hall–Kier alpha value is -2.51. The van der Waals surface area contributed by atoms with Gasteiger partial charge in [0.05, 0.1) is 18.5 Å².